The van der Waals surface area contributed by atoms with Gasteiger partial charge in [0.1, 0.15) is 17.0 Å². The molecule has 102 valence electrons. The molecule has 0 radical (unpaired) electrons. The second-order valence-electron chi connectivity index (χ2n) is 4.49. The standard InChI is InChI=1S/C15H16N4S/c16-7-4-8-17-14-13-12(11-5-2-1-3-6-11)9-20-15(13)19-10-18-14/h1-3,5-6,9-10H,4,7-8,16H2,(H,17,18,19). The van der Waals surface area contributed by atoms with Gasteiger partial charge in [-0.3, -0.25) is 0 Å². The molecule has 0 aliphatic heterocycles. The number of nitrogens with zero attached hydrogens (tertiary/aromatic N) is 2. The van der Waals surface area contributed by atoms with E-state index in [0.717, 1.165) is 29.0 Å². The predicted octanol–water partition coefficient (Wildman–Crippen LogP) is 3.12. The first-order chi connectivity index (χ1) is 9.90. The van der Waals surface area contributed by atoms with Crippen LogP contribution in [-0.4, -0.2) is 23.1 Å². The Hall–Kier alpha value is -1.98. The summed E-state index contributed by atoms with van der Waals surface area (Å²) in [6.07, 6.45) is 2.54. The molecule has 2 heterocycles. The van der Waals surface area contributed by atoms with Gasteiger partial charge in [0.15, 0.2) is 0 Å². The van der Waals surface area contributed by atoms with Crippen molar-refractivity contribution < 1.29 is 0 Å². The highest BCUT2D eigenvalue weighted by molar-refractivity contribution is 7.17. The first kappa shape index (κ1) is 13.0. The highest BCUT2D eigenvalue weighted by Crippen LogP contribution is 2.36. The molecule has 3 rings (SSSR count). The summed E-state index contributed by atoms with van der Waals surface area (Å²) in [5.74, 6) is 0.892. The van der Waals surface area contributed by atoms with Crippen molar-refractivity contribution in [1.82, 2.24) is 9.97 Å². The lowest BCUT2D eigenvalue weighted by molar-refractivity contribution is 0.871. The number of benzene rings is 1. The van der Waals surface area contributed by atoms with Crippen molar-refractivity contribution >= 4 is 27.4 Å². The van der Waals surface area contributed by atoms with Crippen LogP contribution in [0.5, 0.6) is 0 Å². The SMILES string of the molecule is NCCCNc1ncnc2scc(-c3ccccc3)c12. The van der Waals surface area contributed by atoms with Crippen LogP contribution in [0.25, 0.3) is 21.3 Å². The lowest BCUT2D eigenvalue weighted by atomic mass is 10.1. The summed E-state index contributed by atoms with van der Waals surface area (Å²) in [4.78, 5) is 9.75. The Labute approximate surface area is 121 Å². The van der Waals surface area contributed by atoms with Gasteiger partial charge in [0.25, 0.3) is 0 Å². The first-order valence-electron chi connectivity index (χ1n) is 6.61. The van der Waals surface area contributed by atoms with E-state index in [9.17, 15) is 0 Å². The molecule has 0 atom stereocenters. The lowest BCUT2D eigenvalue weighted by Crippen LogP contribution is -2.09. The maximum absolute atomic E-state index is 5.54. The summed E-state index contributed by atoms with van der Waals surface area (Å²) in [6, 6.07) is 10.3. The largest absolute Gasteiger partial charge is 0.369 e. The van der Waals surface area contributed by atoms with Gasteiger partial charge in [-0.05, 0) is 18.5 Å². The first-order valence-corrected chi connectivity index (χ1v) is 7.49. The second-order valence-corrected chi connectivity index (χ2v) is 5.34. The number of thiophene rings is 1. The Morgan fingerprint density at radius 2 is 2.00 bits per heavy atom. The third kappa shape index (κ3) is 2.50. The minimum absolute atomic E-state index is 0.677. The van der Waals surface area contributed by atoms with Crippen molar-refractivity contribution in [3.8, 4) is 11.1 Å². The maximum atomic E-state index is 5.54. The normalized spacial score (nSPS) is 10.8. The predicted molar refractivity (Wildman–Crippen MR) is 85.0 cm³/mol. The average Bonchev–Trinajstić information content (AvgIpc) is 2.93. The molecule has 0 bridgehead atoms. The number of fused-ring (bicyclic) bond motifs is 1. The van der Waals surface area contributed by atoms with Gasteiger partial charge in [0.2, 0.25) is 0 Å². The van der Waals surface area contributed by atoms with Crippen LogP contribution in [0.3, 0.4) is 0 Å². The van der Waals surface area contributed by atoms with Crippen molar-refractivity contribution in [2.24, 2.45) is 5.73 Å². The minimum atomic E-state index is 0.677. The van der Waals surface area contributed by atoms with Gasteiger partial charge in [-0.25, -0.2) is 9.97 Å². The zero-order chi connectivity index (χ0) is 13.8. The van der Waals surface area contributed by atoms with Gasteiger partial charge in [-0.2, -0.15) is 0 Å². The Morgan fingerprint density at radius 1 is 1.15 bits per heavy atom. The van der Waals surface area contributed by atoms with Gasteiger partial charge in [0, 0.05) is 17.5 Å². The van der Waals surface area contributed by atoms with Crippen LogP contribution in [0, 0.1) is 0 Å². The number of anilines is 1. The van der Waals surface area contributed by atoms with Crippen molar-refractivity contribution in [2.45, 2.75) is 6.42 Å². The third-order valence-electron chi connectivity index (χ3n) is 3.13. The third-order valence-corrected chi connectivity index (χ3v) is 4.01. The molecule has 0 unspecified atom stereocenters. The van der Waals surface area contributed by atoms with Gasteiger partial charge in [0.05, 0.1) is 5.39 Å². The molecule has 0 aliphatic rings. The molecule has 0 amide bonds. The van der Waals surface area contributed by atoms with Crippen molar-refractivity contribution in [3.05, 3.63) is 42.0 Å². The average molecular weight is 284 g/mol. The second kappa shape index (κ2) is 5.98. The van der Waals surface area contributed by atoms with E-state index in [0.29, 0.717) is 6.54 Å². The smallest absolute Gasteiger partial charge is 0.138 e. The van der Waals surface area contributed by atoms with Crippen molar-refractivity contribution in [3.63, 3.8) is 0 Å². The zero-order valence-corrected chi connectivity index (χ0v) is 11.9. The Morgan fingerprint density at radius 3 is 2.80 bits per heavy atom. The topological polar surface area (TPSA) is 63.8 Å². The van der Waals surface area contributed by atoms with Crippen LogP contribution in [0.4, 0.5) is 5.82 Å². The summed E-state index contributed by atoms with van der Waals surface area (Å²) in [5, 5.41) is 6.60. The van der Waals surface area contributed by atoms with Crippen LogP contribution in [0.15, 0.2) is 42.0 Å². The number of rotatable bonds is 5. The van der Waals surface area contributed by atoms with Crippen LogP contribution in [0.2, 0.25) is 0 Å². The summed E-state index contributed by atoms with van der Waals surface area (Å²) >= 11 is 1.65. The molecule has 4 nitrogen and oxygen atoms in total. The molecule has 0 saturated heterocycles. The molecule has 5 heteroatoms. The van der Waals surface area contributed by atoms with E-state index in [2.05, 4.69) is 32.8 Å². The number of nitrogens with one attached hydrogen (secondary N) is 1. The van der Waals surface area contributed by atoms with Crippen LogP contribution >= 0.6 is 11.3 Å². The minimum Gasteiger partial charge on any atom is -0.369 e. The van der Waals surface area contributed by atoms with E-state index in [-0.39, 0.29) is 0 Å². The highest BCUT2D eigenvalue weighted by atomic mass is 32.1. The fourth-order valence-electron chi connectivity index (χ4n) is 2.15. The highest BCUT2D eigenvalue weighted by Gasteiger charge is 2.12. The monoisotopic (exact) mass is 284 g/mol. The van der Waals surface area contributed by atoms with Gasteiger partial charge in [-0.15, -0.1) is 11.3 Å². The number of aromatic nitrogens is 2. The quantitative estimate of drug-likeness (QED) is 0.707. The van der Waals surface area contributed by atoms with E-state index in [1.54, 1.807) is 17.7 Å². The molecule has 2 aromatic heterocycles. The summed E-state index contributed by atoms with van der Waals surface area (Å²) < 4.78 is 0. The van der Waals surface area contributed by atoms with E-state index in [1.807, 2.05) is 18.2 Å². The van der Waals surface area contributed by atoms with E-state index in [1.165, 1.54) is 11.1 Å². The molecule has 20 heavy (non-hydrogen) atoms. The molecular formula is C15H16N4S. The van der Waals surface area contributed by atoms with Crippen LogP contribution in [0.1, 0.15) is 6.42 Å². The lowest BCUT2D eigenvalue weighted by Gasteiger charge is -2.07. The molecule has 1 aromatic carbocycles. The molecule has 0 saturated carbocycles. The molecular weight excluding hydrogens is 268 g/mol. The Kier molecular flexibility index (Phi) is 3.90. The molecule has 0 spiro atoms. The Bertz CT molecular complexity index is 693. The fourth-order valence-corrected chi connectivity index (χ4v) is 3.06. The van der Waals surface area contributed by atoms with Crippen LogP contribution < -0.4 is 11.1 Å². The van der Waals surface area contributed by atoms with Gasteiger partial charge >= 0.3 is 0 Å². The molecule has 3 aromatic rings. The van der Waals surface area contributed by atoms with Gasteiger partial charge < -0.3 is 11.1 Å². The number of hydrogen-bond acceptors (Lipinski definition) is 5. The number of hydrogen-bond donors (Lipinski definition) is 2. The Balaban J connectivity index is 2.05. The molecule has 0 fully saturated rings. The van der Waals surface area contributed by atoms with Crippen molar-refractivity contribution in [2.75, 3.05) is 18.4 Å². The number of nitrogens with two attached hydrogens (primary N) is 1. The van der Waals surface area contributed by atoms with E-state index < -0.39 is 0 Å². The van der Waals surface area contributed by atoms with E-state index in [4.69, 9.17) is 5.73 Å². The van der Waals surface area contributed by atoms with E-state index >= 15 is 0 Å². The fraction of sp³-hybridized carbons (Fsp3) is 0.200. The summed E-state index contributed by atoms with van der Waals surface area (Å²) in [7, 11) is 0. The maximum Gasteiger partial charge on any atom is 0.138 e. The van der Waals surface area contributed by atoms with Crippen LogP contribution in [-0.2, 0) is 0 Å². The molecule has 3 N–H and O–H groups in total. The van der Waals surface area contributed by atoms with Crippen molar-refractivity contribution in [1.29, 1.82) is 0 Å². The summed E-state index contributed by atoms with van der Waals surface area (Å²) in [6.45, 7) is 1.50. The molecule has 0 aliphatic carbocycles. The summed E-state index contributed by atoms with van der Waals surface area (Å²) in [5.41, 5.74) is 7.91. The zero-order valence-electron chi connectivity index (χ0n) is 11.0. The van der Waals surface area contributed by atoms with Gasteiger partial charge in [-0.1, -0.05) is 30.3 Å².